The summed E-state index contributed by atoms with van der Waals surface area (Å²) in [6, 6.07) is 5.81. The number of carbonyl (C=O) groups is 1. The van der Waals surface area contributed by atoms with Crippen molar-refractivity contribution in [3.63, 3.8) is 0 Å². The fourth-order valence-corrected chi connectivity index (χ4v) is 2.09. The van der Waals surface area contributed by atoms with Gasteiger partial charge in [0, 0.05) is 6.20 Å². The summed E-state index contributed by atoms with van der Waals surface area (Å²) < 4.78 is 4.99. The van der Waals surface area contributed by atoms with Gasteiger partial charge in [0.05, 0.1) is 17.0 Å². The number of fused-ring (bicyclic) bond motifs is 1. The SMILES string of the molecule is O=C1OC[C@]2(c3ccccn3)C[C@@H]12. The van der Waals surface area contributed by atoms with Crippen LogP contribution < -0.4 is 0 Å². The Balaban J connectivity index is 2.01. The molecule has 13 heavy (non-hydrogen) atoms. The molecule has 2 fully saturated rings. The van der Waals surface area contributed by atoms with Crippen LogP contribution >= 0.6 is 0 Å². The van der Waals surface area contributed by atoms with Crippen molar-refractivity contribution in [3.8, 4) is 0 Å². The molecule has 2 atom stereocenters. The molecule has 1 saturated carbocycles. The summed E-state index contributed by atoms with van der Waals surface area (Å²) >= 11 is 0. The van der Waals surface area contributed by atoms with Gasteiger partial charge in [-0.2, -0.15) is 0 Å². The van der Waals surface area contributed by atoms with Crippen LogP contribution in [0.3, 0.4) is 0 Å². The molecule has 3 nitrogen and oxygen atoms in total. The van der Waals surface area contributed by atoms with Crippen LogP contribution in [0.25, 0.3) is 0 Å². The van der Waals surface area contributed by atoms with E-state index in [-0.39, 0.29) is 17.3 Å². The maximum atomic E-state index is 11.1. The second-order valence-electron chi connectivity index (χ2n) is 3.74. The van der Waals surface area contributed by atoms with Gasteiger partial charge in [-0.15, -0.1) is 0 Å². The third-order valence-corrected chi connectivity index (χ3v) is 3.01. The van der Waals surface area contributed by atoms with Crippen molar-refractivity contribution in [1.29, 1.82) is 0 Å². The maximum Gasteiger partial charge on any atom is 0.310 e. The lowest BCUT2D eigenvalue weighted by Crippen LogP contribution is -2.12. The van der Waals surface area contributed by atoms with Crippen molar-refractivity contribution in [2.75, 3.05) is 6.61 Å². The molecular formula is C10H9NO2. The minimum Gasteiger partial charge on any atom is -0.464 e. The van der Waals surface area contributed by atoms with Crippen LogP contribution in [0, 0.1) is 5.92 Å². The fraction of sp³-hybridized carbons (Fsp3) is 0.400. The molecule has 1 aromatic heterocycles. The Morgan fingerprint density at radius 2 is 2.46 bits per heavy atom. The van der Waals surface area contributed by atoms with Gasteiger partial charge in [-0.05, 0) is 18.6 Å². The van der Waals surface area contributed by atoms with E-state index in [0.29, 0.717) is 6.61 Å². The third-order valence-electron chi connectivity index (χ3n) is 3.01. The smallest absolute Gasteiger partial charge is 0.310 e. The number of aromatic nitrogens is 1. The fourth-order valence-electron chi connectivity index (χ4n) is 2.09. The van der Waals surface area contributed by atoms with Crippen molar-refractivity contribution in [2.45, 2.75) is 11.8 Å². The molecule has 1 saturated heterocycles. The van der Waals surface area contributed by atoms with Crippen molar-refractivity contribution in [3.05, 3.63) is 30.1 Å². The Labute approximate surface area is 75.7 Å². The average molecular weight is 175 g/mol. The first-order valence-corrected chi connectivity index (χ1v) is 4.41. The zero-order valence-electron chi connectivity index (χ0n) is 7.06. The van der Waals surface area contributed by atoms with Gasteiger partial charge in [0.25, 0.3) is 0 Å². The summed E-state index contributed by atoms with van der Waals surface area (Å²) in [7, 11) is 0. The number of cyclic esters (lactones) is 1. The van der Waals surface area contributed by atoms with Crippen LogP contribution in [0.4, 0.5) is 0 Å². The van der Waals surface area contributed by atoms with E-state index >= 15 is 0 Å². The number of esters is 1. The lowest BCUT2D eigenvalue weighted by Gasteiger charge is -2.07. The summed E-state index contributed by atoms with van der Waals surface area (Å²) in [4.78, 5) is 15.4. The molecule has 0 unspecified atom stereocenters. The summed E-state index contributed by atoms with van der Waals surface area (Å²) in [5, 5.41) is 0. The highest BCUT2D eigenvalue weighted by Gasteiger charge is 2.66. The minimum atomic E-state index is -0.0572. The molecule has 0 N–H and O–H groups in total. The minimum absolute atomic E-state index is 0.0503. The predicted octanol–water partition coefficient (Wildman–Crippen LogP) is 0.896. The molecule has 0 spiro atoms. The van der Waals surface area contributed by atoms with E-state index in [1.165, 1.54) is 0 Å². The normalized spacial score (nSPS) is 35.4. The Hall–Kier alpha value is -1.38. The first-order valence-electron chi connectivity index (χ1n) is 4.41. The third kappa shape index (κ3) is 0.789. The summed E-state index contributed by atoms with van der Waals surface area (Å²) in [6.45, 7) is 0.521. The highest BCUT2D eigenvalue weighted by Crippen LogP contribution is 2.58. The first kappa shape index (κ1) is 7.06. The number of pyridine rings is 1. The number of carbonyl (C=O) groups excluding carboxylic acids is 1. The standard InChI is InChI=1S/C10H9NO2/c12-9-7-5-10(7,6-13-9)8-3-1-2-4-11-8/h1-4,7H,5-6H2/t7-,10+/m0/s1. The van der Waals surface area contributed by atoms with Crippen LogP contribution in [0.15, 0.2) is 24.4 Å². The zero-order chi connectivity index (χ0) is 8.89. The average Bonchev–Trinajstić information content (AvgIpc) is 2.85. The lowest BCUT2D eigenvalue weighted by atomic mass is 10.0. The van der Waals surface area contributed by atoms with Crippen molar-refractivity contribution < 1.29 is 9.53 Å². The van der Waals surface area contributed by atoms with E-state index in [1.54, 1.807) is 6.20 Å². The molecule has 0 aromatic carbocycles. The van der Waals surface area contributed by atoms with E-state index in [0.717, 1.165) is 12.1 Å². The Morgan fingerprint density at radius 1 is 1.54 bits per heavy atom. The molecule has 1 aromatic rings. The lowest BCUT2D eigenvalue weighted by molar-refractivity contribution is -0.141. The monoisotopic (exact) mass is 175 g/mol. The summed E-state index contributed by atoms with van der Waals surface area (Å²) in [5.41, 5.74) is 0.948. The highest BCUT2D eigenvalue weighted by atomic mass is 16.5. The van der Waals surface area contributed by atoms with Gasteiger partial charge in [0.1, 0.15) is 6.61 Å². The quantitative estimate of drug-likeness (QED) is 0.595. The molecule has 1 aliphatic heterocycles. The summed E-state index contributed by atoms with van der Waals surface area (Å²) in [5.74, 6) is 0.0352. The zero-order valence-corrected chi connectivity index (χ0v) is 7.06. The second-order valence-corrected chi connectivity index (χ2v) is 3.74. The molecule has 2 heterocycles. The molecule has 0 amide bonds. The van der Waals surface area contributed by atoms with Crippen molar-refractivity contribution in [1.82, 2.24) is 4.98 Å². The van der Waals surface area contributed by atoms with E-state index < -0.39 is 0 Å². The second kappa shape index (κ2) is 2.10. The molecule has 66 valence electrons. The topological polar surface area (TPSA) is 39.2 Å². The molecule has 0 bridgehead atoms. The number of nitrogens with zero attached hydrogens (tertiary/aromatic N) is 1. The Bertz CT molecular complexity index is 362. The van der Waals surface area contributed by atoms with Gasteiger partial charge in [-0.1, -0.05) is 6.07 Å². The highest BCUT2D eigenvalue weighted by molar-refractivity contribution is 5.82. The Morgan fingerprint density at radius 3 is 3.00 bits per heavy atom. The van der Waals surface area contributed by atoms with Gasteiger partial charge in [0.15, 0.2) is 0 Å². The van der Waals surface area contributed by atoms with E-state index in [1.807, 2.05) is 18.2 Å². The van der Waals surface area contributed by atoms with E-state index in [4.69, 9.17) is 4.74 Å². The van der Waals surface area contributed by atoms with Crippen LogP contribution in [0.5, 0.6) is 0 Å². The van der Waals surface area contributed by atoms with Gasteiger partial charge in [0.2, 0.25) is 0 Å². The Kier molecular flexibility index (Phi) is 1.14. The van der Waals surface area contributed by atoms with Crippen LogP contribution in [0.1, 0.15) is 12.1 Å². The molecule has 3 rings (SSSR count). The molecule has 1 aliphatic carbocycles. The van der Waals surface area contributed by atoms with Crippen LogP contribution in [-0.4, -0.2) is 17.6 Å². The van der Waals surface area contributed by atoms with Gasteiger partial charge in [-0.3, -0.25) is 9.78 Å². The first-order chi connectivity index (χ1) is 6.33. The van der Waals surface area contributed by atoms with E-state index in [9.17, 15) is 4.79 Å². The van der Waals surface area contributed by atoms with Crippen LogP contribution in [0.2, 0.25) is 0 Å². The molecule has 2 aliphatic rings. The molecule has 0 radical (unpaired) electrons. The predicted molar refractivity (Wildman–Crippen MR) is 45.0 cm³/mol. The van der Waals surface area contributed by atoms with Crippen molar-refractivity contribution >= 4 is 5.97 Å². The summed E-state index contributed by atoms with van der Waals surface area (Å²) in [6.07, 6.45) is 2.69. The number of ether oxygens (including phenoxy) is 1. The van der Waals surface area contributed by atoms with Crippen LogP contribution in [-0.2, 0) is 14.9 Å². The number of hydrogen-bond acceptors (Lipinski definition) is 3. The van der Waals surface area contributed by atoms with Gasteiger partial charge in [-0.25, -0.2) is 0 Å². The van der Waals surface area contributed by atoms with Gasteiger partial charge >= 0.3 is 5.97 Å². The van der Waals surface area contributed by atoms with Gasteiger partial charge < -0.3 is 4.74 Å². The number of hydrogen-bond donors (Lipinski definition) is 0. The maximum absolute atomic E-state index is 11.1. The molecular weight excluding hydrogens is 166 g/mol. The molecule has 3 heteroatoms. The van der Waals surface area contributed by atoms with Crippen molar-refractivity contribution in [2.24, 2.45) is 5.92 Å². The van der Waals surface area contributed by atoms with E-state index in [2.05, 4.69) is 4.98 Å². The number of rotatable bonds is 1. The largest absolute Gasteiger partial charge is 0.464 e.